The van der Waals surface area contributed by atoms with E-state index in [-0.39, 0.29) is 11.5 Å². The van der Waals surface area contributed by atoms with Gasteiger partial charge in [-0.1, -0.05) is 11.8 Å². The predicted molar refractivity (Wildman–Crippen MR) is 122 cm³/mol. The Labute approximate surface area is 203 Å². The zero-order chi connectivity index (χ0) is 26.3. The van der Waals surface area contributed by atoms with Crippen LogP contribution in [-0.4, -0.2) is 68.8 Å². The number of nitrogen functional groups attached to an aromatic ring is 1. The molecule has 5 atom stereocenters. The fraction of sp³-hybridized carbons (Fsp3) is 0.316. The number of aliphatic hydroxyl groups is 2. The van der Waals surface area contributed by atoms with Crippen LogP contribution in [0.3, 0.4) is 0 Å². The Kier molecular flexibility index (Phi) is 7.04. The van der Waals surface area contributed by atoms with Crippen molar-refractivity contribution in [1.82, 2.24) is 19.5 Å². The number of hydrogen-bond donors (Lipinski definition) is 6. The molecule has 0 amide bonds. The van der Waals surface area contributed by atoms with Crippen LogP contribution < -0.4 is 5.73 Å². The molecule has 0 aliphatic carbocycles. The van der Waals surface area contributed by atoms with Gasteiger partial charge in [0.1, 0.15) is 35.6 Å². The number of nitrogens with two attached hydrogens (primary N) is 1. The molecule has 1 aliphatic rings. The number of rotatable bonds is 6. The first-order chi connectivity index (χ1) is 16.8. The predicted octanol–water partition coefficient (Wildman–Crippen LogP) is 0.0439. The Morgan fingerprint density at radius 3 is 2.58 bits per heavy atom. The van der Waals surface area contributed by atoms with Gasteiger partial charge < -0.3 is 39.9 Å². The number of fused-ring (bicyclic) bond motifs is 1. The normalized spacial score (nSPS) is 25.9. The van der Waals surface area contributed by atoms with Gasteiger partial charge in [-0.15, -0.1) is 0 Å². The highest BCUT2D eigenvalue weighted by atomic mass is 31.3. The average molecular weight is 541 g/mol. The zero-order valence-electron chi connectivity index (χ0n) is 18.4. The van der Waals surface area contributed by atoms with E-state index in [2.05, 4.69) is 35.6 Å². The SMILES string of the molecule is C[C@@]1(O)[C@H](O)[C@@H](COP(=O)(O)OP(=O)(O)O)O[C@H]1n1cc(C#Cc2ccncc2)c2c(N)ncnc21. The number of phosphoric ester groups is 1. The first-order valence-electron chi connectivity index (χ1n) is 10.1. The summed E-state index contributed by atoms with van der Waals surface area (Å²) in [5.41, 5.74) is 5.35. The quantitative estimate of drug-likeness (QED) is 0.179. The van der Waals surface area contributed by atoms with Crippen LogP contribution in [0.2, 0.25) is 0 Å². The summed E-state index contributed by atoms with van der Waals surface area (Å²) in [6, 6.07) is 3.40. The molecule has 1 saturated heterocycles. The molecule has 7 N–H and O–H groups in total. The van der Waals surface area contributed by atoms with E-state index in [1.165, 1.54) is 24.0 Å². The average Bonchev–Trinajstić information content (AvgIpc) is 3.25. The van der Waals surface area contributed by atoms with Crippen LogP contribution in [0.1, 0.15) is 24.3 Å². The van der Waals surface area contributed by atoms with Crippen LogP contribution in [0.25, 0.3) is 11.0 Å². The molecule has 3 aromatic heterocycles. The molecule has 0 radical (unpaired) electrons. The summed E-state index contributed by atoms with van der Waals surface area (Å²) in [7, 11) is -10.6. The third-order valence-electron chi connectivity index (χ3n) is 5.28. The maximum absolute atomic E-state index is 11.8. The fourth-order valence-corrected chi connectivity index (χ4v) is 5.26. The maximum atomic E-state index is 11.8. The van der Waals surface area contributed by atoms with Crippen LogP contribution >= 0.6 is 15.6 Å². The second kappa shape index (κ2) is 9.62. The van der Waals surface area contributed by atoms with Crippen LogP contribution in [0.4, 0.5) is 5.82 Å². The summed E-state index contributed by atoms with van der Waals surface area (Å²) in [4.78, 5) is 39.1. The standard InChI is InChI=1S/C19H21N5O10P2/c1-19(26)15(25)13(9-32-36(30,31)34-35(27,28)29)33-18(19)24-8-12(3-2-11-4-6-21-7-5-11)14-16(20)22-10-23-17(14)24/h4-8,10,13,15,18,25-26H,9H2,1H3,(H,30,31)(H2,20,22,23)(H2,27,28,29)/t13-,15-,18-,19-/m1/s1. The molecule has 0 bridgehead atoms. The van der Waals surface area contributed by atoms with Crippen molar-refractivity contribution in [2.75, 3.05) is 12.3 Å². The number of hydrogen-bond acceptors (Lipinski definition) is 11. The molecular formula is C19H21N5O10P2. The molecule has 192 valence electrons. The second-order valence-electron chi connectivity index (χ2n) is 7.93. The van der Waals surface area contributed by atoms with Crippen molar-refractivity contribution in [2.45, 2.75) is 31.0 Å². The monoisotopic (exact) mass is 541 g/mol. The van der Waals surface area contributed by atoms with Gasteiger partial charge in [0, 0.05) is 24.2 Å². The van der Waals surface area contributed by atoms with Crippen molar-refractivity contribution in [3.8, 4) is 11.8 Å². The van der Waals surface area contributed by atoms with Gasteiger partial charge in [0.15, 0.2) is 6.23 Å². The highest BCUT2D eigenvalue weighted by molar-refractivity contribution is 7.60. The van der Waals surface area contributed by atoms with E-state index in [9.17, 15) is 24.2 Å². The number of anilines is 1. The lowest BCUT2D eigenvalue weighted by Gasteiger charge is -2.27. The van der Waals surface area contributed by atoms with E-state index < -0.39 is 46.3 Å². The molecule has 0 aromatic carbocycles. The number of aromatic nitrogens is 4. The molecular weight excluding hydrogens is 520 g/mol. The molecule has 4 rings (SSSR count). The summed E-state index contributed by atoms with van der Waals surface area (Å²) >= 11 is 0. The largest absolute Gasteiger partial charge is 0.481 e. The summed E-state index contributed by atoms with van der Waals surface area (Å²) in [6.07, 6.45) is 1.45. The Hall–Kier alpha value is -2.73. The van der Waals surface area contributed by atoms with Crippen molar-refractivity contribution >= 4 is 32.5 Å². The Morgan fingerprint density at radius 2 is 1.92 bits per heavy atom. The molecule has 17 heteroatoms. The third-order valence-corrected chi connectivity index (χ3v) is 7.43. The van der Waals surface area contributed by atoms with Gasteiger partial charge in [-0.05, 0) is 19.1 Å². The topological polar surface area (TPSA) is 233 Å². The van der Waals surface area contributed by atoms with Crippen molar-refractivity contribution < 1.29 is 47.6 Å². The number of pyridine rings is 1. The van der Waals surface area contributed by atoms with E-state index in [0.717, 1.165) is 0 Å². The number of ether oxygens (including phenoxy) is 1. The molecule has 0 spiro atoms. The van der Waals surface area contributed by atoms with Crippen molar-refractivity contribution in [2.24, 2.45) is 0 Å². The fourth-order valence-electron chi connectivity index (χ4n) is 3.66. The minimum Gasteiger partial charge on any atom is -0.387 e. The highest BCUT2D eigenvalue weighted by Crippen LogP contribution is 2.58. The summed E-state index contributed by atoms with van der Waals surface area (Å²) in [5, 5.41) is 22.1. The number of nitrogens with zero attached hydrogens (tertiary/aromatic N) is 4. The molecule has 0 saturated carbocycles. The minimum absolute atomic E-state index is 0.103. The van der Waals surface area contributed by atoms with Crippen molar-refractivity contribution in [3.05, 3.63) is 48.2 Å². The van der Waals surface area contributed by atoms with Crippen molar-refractivity contribution in [1.29, 1.82) is 0 Å². The number of phosphoric acid groups is 2. The first kappa shape index (κ1) is 26.3. The molecule has 4 heterocycles. The Morgan fingerprint density at radius 1 is 1.22 bits per heavy atom. The van der Waals surface area contributed by atoms with Crippen molar-refractivity contribution in [3.63, 3.8) is 0 Å². The summed E-state index contributed by atoms with van der Waals surface area (Å²) in [5.74, 6) is 6.02. The molecule has 3 aromatic rings. The summed E-state index contributed by atoms with van der Waals surface area (Å²) in [6.45, 7) is 0.401. The van der Waals surface area contributed by atoms with Gasteiger partial charge in [0.05, 0.1) is 17.6 Å². The lowest BCUT2D eigenvalue weighted by Crippen LogP contribution is -2.44. The Balaban J connectivity index is 1.67. The third kappa shape index (κ3) is 5.49. The van der Waals surface area contributed by atoms with E-state index in [4.69, 9.17) is 20.3 Å². The smallest absolute Gasteiger partial charge is 0.387 e. The van der Waals surface area contributed by atoms with Gasteiger partial charge in [-0.3, -0.25) is 9.51 Å². The van der Waals surface area contributed by atoms with E-state index in [1.807, 2.05) is 0 Å². The van der Waals surface area contributed by atoms with Crippen LogP contribution in [0.15, 0.2) is 37.1 Å². The minimum atomic E-state index is -5.35. The number of aliphatic hydroxyl groups excluding tert-OH is 1. The van der Waals surface area contributed by atoms with Crippen LogP contribution in [0.5, 0.6) is 0 Å². The molecule has 1 unspecified atom stereocenters. The van der Waals surface area contributed by atoms with Gasteiger partial charge in [0.2, 0.25) is 0 Å². The van der Waals surface area contributed by atoms with E-state index in [0.29, 0.717) is 16.5 Å². The molecule has 1 fully saturated rings. The molecule has 36 heavy (non-hydrogen) atoms. The van der Waals surface area contributed by atoms with Gasteiger partial charge >= 0.3 is 15.6 Å². The zero-order valence-corrected chi connectivity index (χ0v) is 20.2. The second-order valence-corrected chi connectivity index (χ2v) is 10.8. The summed E-state index contributed by atoms with van der Waals surface area (Å²) < 4.78 is 38.0. The first-order valence-corrected chi connectivity index (χ1v) is 13.1. The van der Waals surface area contributed by atoms with Gasteiger partial charge in [0.25, 0.3) is 0 Å². The lowest BCUT2D eigenvalue weighted by molar-refractivity contribution is -0.0947. The van der Waals surface area contributed by atoms with Crippen LogP contribution in [0, 0.1) is 11.8 Å². The maximum Gasteiger partial charge on any atom is 0.481 e. The van der Waals surface area contributed by atoms with E-state index in [1.54, 1.807) is 24.5 Å². The molecule has 15 nitrogen and oxygen atoms in total. The van der Waals surface area contributed by atoms with Crippen LogP contribution in [-0.2, 0) is 22.7 Å². The van der Waals surface area contributed by atoms with Gasteiger partial charge in [-0.2, -0.15) is 4.31 Å². The highest BCUT2D eigenvalue weighted by Gasteiger charge is 2.54. The van der Waals surface area contributed by atoms with Gasteiger partial charge in [-0.25, -0.2) is 19.1 Å². The molecule has 1 aliphatic heterocycles. The lowest BCUT2D eigenvalue weighted by atomic mass is 9.96. The Bertz CT molecular complexity index is 1430. The van der Waals surface area contributed by atoms with E-state index >= 15 is 0 Å².